The smallest absolute Gasteiger partial charge is 0.265 e. The van der Waals surface area contributed by atoms with Gasteiger partial charge < -0.3 is 0 Å². The van der Waals surface area contributed by atoms with Gasteiger partial charge in [-0.15, -0.1) is 0 Å². The predicted molar refractivity (Wildman–Crippen MR) is 96.5 cm³/mol. The van der Waals surface area contributed by atoms with Crippen LogP contribution in [0.3, 0.4) is 0 Å². The number of aryl methyl sites for hydroxylation is 3. The summed E-state index contributed by atoms with van der Waals surface area (Å²) in [5.41, 5.74) is 2.95. The van der Waals surface area contributed by atoms with Crippen molar-refractivity contribution in [3.63, 3.8) is 0 Å². The molecule has 0 aliphatic heterocycles. The zero-order chi connectivity index (χ0) is 18.2. The molecular formula is C17H21N5O2S. The summed E-state index contributed by atoms with van der Waals surface area (Å²) in [5.74, 6) is 0. The maximum absolute atomic E-state index is 12.9. The second-order valence-electron chi connectivity index (χ2n) is 5.84. The number of rotatable bonds is 5. The van der Waals surface area contributed by atoms with Crippen molar-refractivity contribution >= 4 is 15.7 Å². The van der Waals surface area contributed by atoms with E-state index in [2.05, 4.69) is 14.9 Å². The first-order valence-corrected chi connectivity index (χ1v) is 9.50. The van der Waals surface area contributed by atoms with Crippen molar-refractivity contribution in [2.24, 2.45) is 0 Å². The number of benzene rings is 1. The molecule has 0 saturated heterocycles. The van der Waals surface area contributed by atoms with E-state index >= 15 is 0 Å². The Morgan fingerprint density at radius 2 is 1.72 bits per heavy atom. The number of sulfonamides is 1. The fraction of sp³-hybridized carbons (Fsp3) is 0.294. The van der Waals surface area contributed by atoms with Crippen LogP contribution in [0.5, 0.6) is 0 Å². The SMILES string of the molecule is CCn1cc(NS(=O)(=O)c2c(C)nn(-c3ccccc3)c2C)c(C)n1. The molecule has 25 heavy (non-hydrogen) atoms. The van der Waals surface area contributed by atoms with Crippen LogP contribution in [0.2, 0.25) is 0 Å². The van der Waals surface area contributed by atoms with Crippen LogP contribution < -0.4 is 4.72 Å². The van der Waals surface area contributed by atoms with Crippen LogP contribution in [0.4, 0.5) is 5.69 Å². The van der Waals surface area contributed by atoms with E-state index in [0.29, 0.717) is 29.3 Å². The van der Waals surface area contributed by atoms with Crippen molar-refractivity contribution < 1.29 is 8.42 Å². The van der Waals surface area contributed by atoms with Crippen LogP contribution in [0, 0.1) is 20.8 Å². The third-order valence-corrected chi connectivity index (χ3v) is 5.63. The molecular weight excluding hydrogens is 338 g/mol. The molecule has 1 aromatic carbocycles. The minimum absolute atomic E-state index is 0.194. The summed E-state index contributed by atoms with van der Waals surface area (Å²) in [5, 5.41) is 8.68. The molecule has 3 rings (SSSR count). The summed E-state index contributed by atoms with van der Waals surface area (Å²) < 4.78 is 31.9. The van der Waals surface area contributed by atoms with E-state index in [0.717, 1.165) is 5.69 Å². The van der Waals surface area contributed by atoms with E-state index in [9.17, 15) is 8.42 Å². The molecule has 0 radical (unpaired) electrons. The fourth-order valence-electron chi connectivity index (χ4n) is 2.81. The fourth-order valence-corrected chi connectivity index (χ4v) is 4.31. The van der Waals surface area contributed by atoms with E-state index in [-0.39, 0.29) is 4.90 Å². The largest absolute Gasteiger partial charge is 0.276 e. The van der Waals surface area contributed by atoms with Crippen LogP contribution >= 0.6 is 0 Å². The molecule has 7 nitrogen and oxygen atoms in total. The highest BCUT2D eigenvalue weighted by atomic mass is 32.2. The van der Waals surface area contributed by atoms with Crippen LogP contribution in [0.15, 0.2) is 41.4 Å². The van der Waals surface area contributed by atoms with Gasteiger partial charge in [0.05, 0.1) is 28.5 Å². The Balaban J connectivity index is 2.03. The van der Waals surface area contributed by atoms with Gasteiger partial charge in [-0.05, 0) is 39.8 Å². The molecule has 0 unspecified atom stereocenters. The average molecular weight is 359 g/mol. The van der Waals surface area contributed by atoms with E-state index in [4.69, 9.17) is 0 Å². The Morgan fingerprint density at radius 3 is 2.32 bits per heavy atom. The third kappa shape index (κ3) is 3.17. The number of hydrogen-bond acceptors (Lipinski definition) is 4. The van der Waals surface area contributed by atoms with Gasteiger partial charge in [-0.3, -0.25) is 9.40 Å². The lowest BCUT2D eigenvalue weighted by molar-refractivity contribution is 0.600. The zero-order valence-corrected chi connectivity index (χ0v) is 15.5. The highest BCUT2D eigenvalue weighted by Crippen LogP contribution is 2.25. The van der Waals surface area contributed by atoms with Gasteiger partial charge in [-0.2, -0.15) is 10.2 Å². The first-order chi connectivity index (χ1) is 11.8. The summed E-state index contributed by atoms with van der Waals surface area (Å²) in [7, 11) is -3.77. The quantitative estimate of drug-likeness (QED) is 0.759. The van der Waals surface area contributed by atoms with Gasteiger partial charge in [-0.1, -0.05) is 18.2 Å². The number of nitrogens with one attached hydrogen (secondary N) is 1. The van der Waals surface area contributed by atoms with Crippen molar-refractivity contribution in [2.45, 2.75) is 39.1 Å². The maximum atomic E-state index is 12.9. The standard InChI is InChI=1S/C17H21N5O2S/c1-5-21-11-16(12(2)18-21)20-25(23,24)17-13(3)19-22(14(17)4)15-9-7-6-8-10-15/h6-11,20H,5H2,1-4H3. The van der Waals surface area contributed by atoms with Crippen molar-refractivity contribution in [1.29, 1.82) is 0 Å². The van der Waals surface area contributed by atoms with E-state index in [1.807, 2.05) is 37.3 Å². The normalized spacial score (nSPS) is 11.7. The van der Waals surface area contributed by atoms with Gasteiger partial charge in [0.25, 0.3) is 10.0 Å². The Kier molecular flexibility index (Phi) is 4.38. The third-order valence-electron chi connectivity index (χ3n) is 4.01. The lowest BCUT2D eigenvalue weighted by atomic mass is 10.3. The number of para-hydroxylation sites is 1. The highest BCUT2D eigenvalue weighted by molar-refractivity contribution is 7.92. The predicted octanol–water partition coefficient (Wildman–Crippen LogP) is 2.81. The minimum Gasteiger partial charge on any atom is -0.276 e. The molecule has 1 N–H and O–H groups in total. The molecule has 3 aromatic rings. The van der Waals surface area contributed by atoms with E-state index in [1.54, 1.807) is 36.3 Å². The first-order valence-electron chi connectivity index (χ1n) is 8.02. The lowest BCUT2D eigenvalue weighted by Gasteiger charge is -2.08. The topological polar surface area (TPSA) is 81.8 Å². The Morgan fingerprint density at radius 1 is 1.04 bits per heavy atom. The Hall–Kier alpha value is -2.61. The molecule has 2 aromatic heterocycles. The monoisotopic (exact) mass is 359 g/mol. The van der Waals surface area contributed by atoms with Gasteiger partial charge >= 0.3 is 0 Å². The molecule has 0 spiro atoms. The second kappa shape index (κ2) is 6.36. The molecule has 0 atom stereocenters. The molecule has 0 aliphatic carbocycles. The second-order valence-corrected chi connectivity index (χ2v) is 7.46. The Bertz CT molecular complexity index is 1000. The first kappa shape index (κ1) is 17.2. The molecule has 132 valence electrons. The summed E-state index contributed by atoms with van der Waals surface area (Å²) in [6.07, 6.45) is 1.69. The summed E-state index contributed by atoms with van der Waals surface area (Å²) in [6.45, 7) is 7.85. The van der Waals surface area contributed by atoms with Crippen LogP contribution in [-0.4, -0.2) is 28.0 Å². The summed E-state index contributed by atoms with van der Waals surface area (Å²) in [4.78, 5) is 0.194. The number of nitrogens with zero attached hydrogens (tertiary/aromatic N) is 4. The van der Waals surface area contributed by atoms with E-state index in [1.165, 1.54) is 0 Å². The number of hydrogen-bond donors (Lipinski definition) is 1. The van der Waals surface area contributed by atoms with E-state index < -0.39 is 10.0 Å². The van der Waals surface area contributed by atoms with Gasteiger partial charge in [0, 0.05) is 12.7 Å². The molecule has 0 aliphatic rings. The van der Waals surface area contributed by atoms with Crippen molar-refractivity contribution in [3.8, 4) is 5.69 Å². The van der Waals surface area contributed by atoms with Crippen molar-refractivity contribution in [2.75, 3.05) is 4.72 Å². The highest BCUT2D eigenvalue weighted by Gasteiger charge is 2.26. The van der Waals surface area contributed by atoms with Crippen molar-refractivity contribution in [3.05, 3.63) is 53.6 Å². The molecule has 0 bridgehead atoms. The lowest BCUT2D eigenvalue weighted by Crippen LogP contribution is -2.15. The summed E-state index contributed by atoms with van der Waals surface area (Å²) >= 11 is 0. The van der Waals surface area contributed by atoms with Crippen LogP contribution in [0.1, 0.15) is 24.0 Å². The summed E-state index contributed by atoms with van der Waals surface area (Å²) in [6, 6.07) is 9.46. The van der Waals surface area contributed by atoms with Gasteiger partial charge in [0.2, 0.25) is 0 Å². The maximum Gasteiger partial charge on any atom is 0.265 e. The van der Waals surface area contributed by atoms with Crippen LogP contribution in [0.25, 0.3) is 5.69 Å². The van der Waals surface area contributed by atoms with Gasteiger partial charge in [0.1, 0.15) is 4.90 Å². The van der Waals surface area contributed by atoms with Crippen LogP contribution in [-0.2, 0) is 16.6 Å². The molecule has 0 fully saturated rings. The van der Waals surface area contributed by atoms with Gasteiger partial charge in [-0.25, -0.2) is 13.1 Å². The molecule has 0 saturated carbocycles. The Labute approximate surface area is 147 Å². The van der Waals surface area contributed by atoms with Crippen molar-refractivity contribution in [1.82, 2.24) is 19.6 Å². The zero-order valence-electron chi connectivity index (χ0n) is 14.7. The number of anilines is 1. The average Bonchev–Trinajstić information content (AvgIpc) is 3.07. The number of aromatic nitrogens is 4. The van der Waals surface area contributed by atoms with Gasteiger partial charge in [0.15, 0.2) is 0 Å². The minimum atomic E-state index is -3.77. The molecule has 8 heteroatoms. The molecule has 2 heterocycles. The molecule has 0 amide bonds.